The van der Waals surface area contributed by atoms with E-state index in [9.17, 15) is 4.79 Å². The minimum Gasteiger partial charge on any atom is -0.497 e. The number of methoxy groups -OCH3 is 1. The van der Waals surface area contributed by atoms with Crippen LogP contribution < -0.4 is 15.8 Å². The van der Waals surface area contributed by atoms with E-state index in [0.29, 0.717) is 18.2 Å². The van der Waals surface area contributed by atoms with Crippen LogP contribution in [0.1, 0.15) is 19.3 Å². The van der Waals surface area contributed by atoms with E-state index < -0.39 is 0 Å². The highest BCUT2D eigenvalue weighted by Gasteiger charge is 2.27. The summed E-state index contributed by atoms with van der Waals surface area (Å²) in [5.41, 5.74) is 5.73. The molecule has 1 fully saturated rings. The van der Waals surface area contributed by atoms with Crippen molar-refractivity contribution < 1.29 is 9.53 Å². The van der Waals surface area contributed by atoms with Gasteiger partial charge < -0.3 is 15.8 Å². The molecule has 0 aromatic heterocycles. The van der Waals surface area contributed by atoms with Crippen LogP contribution >= 0.6 is 24.2 Å². The van der Waals surface area contributed by atoms with Gasteiger partial charge in [-0.25, -0.2) is 0 Å². The van der Waals surface area contributed by atoms with Crippen molar-refractivity contribution >= 4 is 30.1 Å². The Balaban J connectivity index is 0.00000220. The summed E-state index contributed by atoms with van der Waals surface area (Å²) < 4.78 is 5.17. The Labute approximate surface area is 136 Å². The molecule has 0 heterocycles. The molecule has 2 unspecified atom stereocenters. The van der Waals surface area contributed by atoms with Gasteiger partial charge in [0.05, 0.1) is 12.9 Å². The van der Waals surface area contributed by atoms with E-state index in [1.54, 1.807) is 7.11 Å². The summed E-state index contributed by atoms with van der Waals surface area (Å²) >= 11 is 1.53. The molecule has 3 N–H and O–H groups in total. The molecular weight excluding hydrogens is 308 g/mol. The van der Waals surface area contributed by atoms with Crippen LogP contribution in [0, 0.1) is 5.92 Å². The number of benzene rings is 1. The van der Waals surface area contributed by atoms with Crippen molar-refractivity contribution in [2.24, 2.45) is 11.7 Å². The lowest BCUT2D eigenvalue weighted by molar-refractivity contribution is -0.119. The van der Waals surface area contributed by atoms with Gasteiger partial charge in [-0.05, 0) is 43.5 Å². The number of thioether (sulfide) groups is 1. The van der Waals surface area contributed by atoms with Crippen molar-refractivity contribution in [3.8, 4) is 5.75 Å². The zero-order valence-electron chi connectivity index (χ0n) is 12.2. The van der Waals surface area contributed by atoms with Crippen molar-refractivity contribution in [1.29, 1.82) is 0 Å². The second-order valence-corrected chi connectivity index (χ2v) is 6.12. The van der Waals surface area contributed by atoms with Gasteiger partial charge in [-0.15, -0.1) is 24.2 Å². The van der Waals surface area contributed by atoms with E-state index in [-0.39, 0.29) is 24.4 Å². The van der Waals surface area contributed by atoms with E-state index in [1.807, 2.05) is 24.3 Å². The Morgan fingerprint density at radius 1 is 1.48 bits per heavy atom. The molecule has 1 aliphatic carbocycles. The topological polar surface area (TPSA) is 64.3 Å². The smallest absolute Gasteiger partial charge is 0.230 e. The van der Waals surface area contributed by atoms with Crippen LogP contribution in [0.25, 0.3) is 0 Å². The maximum Gasteiger partial charge on any atom is 0.230 e. The third-order valence-corrected chi connectivity index (χ3v) is 4.71. The van der Waals surface area contributed by atoms with E-state index >= 15 is 0 Å². The molecule has 0 aliphatic heterocycles. The third kappa shape index (κ3) is 5.41. The molecule has 0 radical (unpaired) electrons. The summed E-state index contributed by atoms with van der Waals surface area (Å²) in [4.78, 5) is 13.0. The molecule has 1 amide bonds. The maximum absolute atomic E-state index is 12.0. The van der Waals surface area contributed by atoms with Crippen molar-refractivity contribution in [2.75, 3.05) is 19.4 Å². The molecule has 1 saturated carbocycles. The molecule has 1 aromatic rings. The van der Waals surface area contributed by atoms with Gasteiger partial charge in [0.2, 0.25) is 5.91 Å². The summed E-state index contributed by atoms with van der Waals surface area (Å²) in [5, 5.41) is 3.11. The lowest BCUT2D eigenvalue weighted by atomic mass is 10.0. The average Bonchev–Trinajstić information content (AvgIpc) is 2.92. The van der Waals surface area contributed by atoms with E-state index in [2.05, 4.69) is 5.32 Å². The molecule has 1 aromatic carbocycles. The molecule has 1 aliphatic rings. The number of hydrogen-bond donors (Lipinski definition) is 2. The molecule has 0 bridgehead atoms. The zero-order valence-corrected chi connectivity index (χ0v) is 13.8. The SMILES string of the molecule is COc1cccc(SCC(=O)NC2CCCC2CN)c1.Cl. The quantitative estimate of drug-likeness (QED) is 0.786. The van der Waals surface area contributed by atoms with Gasteiger partial charge in [0.15, 0.2) is 0 Å². The van der Waals surface area contributed by atoms with Crippen LogP contribution in [0.5, 0.6) is 5.75 Å². The summed E-state index contributed by atoms with van der Waals surface area (Å²) in [6.07, 6.45) is 3.34. The first-order valence-corrected chi connectivity index (χ1v) is 7.97. The first kappa shape index (κ1) is 18.1. The van der Waals surface area contributed by atoms with E-state index in [1.165, 1.54) is 11.8 Å². The number of rotatable bonds is 6. The van der Waals surface area contributed by atoms with Crippen LogP contribution in [0.2, 0.25) is 0 Å². The molecule has 0 saturated heterocycles. The Kier molecular flexibility index (Phi) is 7.93. The molecule has 0 spiro atoms. The molecule has 2 atom stereocenters. The number of ether oxygens (including phenoxy) is 1. The highest BCUT2D eigenvalue weighted by Crippen LogP contribution is 2.25. The Hall–Kier alpha value is -0.910. The molecular formula is C15H23ClN2O2S. The fraction of sp³-hybridized carbons (Fsp3) is 0.533. The van der Waals surface area contributed by atoms with Crippen LogP contribution in [0.4, 0.5) is 0 Å². The fourth-order valence-electron chi connectivity index (χ4n) is 2.60. The Morgan fingerprint density at radius 3 is 3.00 bits per heavy atom. The lowest BCUT2D eigenvalue weighted by Gasteiger charge is -2.19. The monoisotopic (exact) mass is 330 g/mol. The first-order valence-electron chi connectivity index (χ1n) is 6.99. The van der Waals surface area contributed by atoms with Crippen molar-refractivity contribution in [3.05, 3.63) is 24.3 Å². The Bertz CT molecular complexity index is 459. The second-order valence-electron chi connectivity index (χ2n) is 5.07. The first-order chi connectivity index (χ1) is 9.72. The van der Waals surface area contributed by atoms with Crippen LogP contribution in [0.3, 0.4) is 0 Å². The second kappa shape index (κ2) is 9.18. The average molecular weight is 331 g/mol. The van der Waals surface area contributed by atoms with Crippen LogP contribution in [0.15, 0.2) is 29.2 Å². The molecule has 118 valence electrons. The number of hydrogen-bond acceptors (Lipinski definition) is 4. The van der Waals surface area contributed by atoms with Gasteiger partial charge in [-0.3, -0.25) is 4.79 Å². The minimum absolute atomic E-state index is 0. The van der Waals surface area contributed by atoms with Crippen LogP contribution in [-0.2, 0) is 4.79 Å². The molecule has 4 nitrogen and oxygen atoms in total. The van der Waals surface area contributed by atoms with Gasteiger partial charge in [0.25, 0.3) is 0 Å². The Morgan fingerprint density at radius 2 is 2.29 bits per heavy atom. The van der Waals surface area contributed by atoms with E-state index in [4.69, 9.17) is 10.5 Å². The minimum atomic E-state index is 0. The predicted molar refractivity (Wildman–Crippen MR) is 89.3 cm³/mol. The van der Waals surface area contributed by atoms with E-state index in [0.717, 1.165) is 29.9 Å². The number of carbonyl (C=O) groups excluding carboxylic acids is 1. The normalized spacial score (nSPS) is 20.7. The standard InChI is InChI=1S/C15H22N2O2S.ClH/c1-19-12-5-3-6-13(8-12)20-10-15(18)17-14-7-2-4-11(14)9-16;/h3,5-6,8,11,14H,2,4,7,9-10,16H2,1H3,(H,17,18);1H. The van der Waals surface area contributed by atoms with Gasteiger partial charge >= 0.3 is 0 Å². The number of amides is 1. The summed E-state index contributed by atoms with van der Waals surface area (Å²) in [5.74, 6) is 1.78. The van der Waals surface area contributed by atoms with Gasteiger partial charge in [0.1, 0.15) is 5.75 Å². The largest absolute Gasteiger partial charge is 0.497 e. The lowest BCUT2D eigenvalue weighted by Crippen LogP contribution is -2.40. The summed E-state index contributed by atoms with van der Waals surface area (Å²) in [6.45, 7) is 0.661. The van der Waals surface area contributed by atoms with Crippen LogP contribution in [-0.4, -0.2) is 31.4 Å². The molecule has 21 heavy (non-hydrogen) atoms. The van der Waals surface area contributed by atoms with Crippen molar-refractivity contribution in [1.82, 2.24) is 5.32 Å². The number of halogens is 1. The fourth-order valence-corrected chi connectivity index (χ4v) is 3.35. The van der Waals surface area contributed by atoms with Gasteiger partial charge in [0, 0.05) is 10.9 Å². The maximum atomic E-state index is 12.0. The summed E-state index contributed by atoms with van der Waals surface area (Å²) in [6, 6.07) is 8.02. The predicted octanol–water partition coefficient (Wildman–Crippen LogP) is 2.45. The van der Waals surface area contributed by atoms with Crippen molar-refractivity contribution in [3.63, 3.8) is 0 Å². The number of carbonyl (C=O) groups is 1. The molecule has 2 rings (SSSR count). The highest BCUT2D eigenvalue weighted by atomic mass is 35.5. The highest BCUT2D eigenvalue weighted by molar-refractivity contribution is 8.00. The zero-order chi connectivity index (χ0) is 14.4. The van der Waals surface area contributed by atoms with Gasteiger partial charge in [-0.1, -0.05) is 12.5 Å². The number of nitrogens with one attached hydrogen (secondary N) is 1. The summed E-state index contributed by atoms with van der Waals surface area (Å²) in [7, 11) is 1.64. The number of nitrogens with two attached hydrogens (primary N) is 1. The van der Waals surface area contributed by atoms with Gasteiger partial charge in [-0.2, -0.15) is 0 Å². The third-order valence-electron chi connectivity index (χ3n) is 3.72. The van der Waals surface area contributed by atoms with Crippen molar-refractivity contribution in [2.45, 2.75) is 30.2 Å². The molecule has 6 heteroatoms.